The van der Waals surface area contributed by atoms with Gasteiger partial charge in [-0.15, -0.1) is 11.6 Å². The van der Waals surface area contributed by atoms with Gasteiger partial charge in [0.1, 0.15) is 11.6 Å². The van der Waals surface area contributed by atoms with Crippen LogP contribution in [0.1, 0.15) is 12.7 Å². The Bertz CT molecular complexity index is 743. The summed E-state index contributed by atoms with van der Waals surface area (Å²) in [7, 11) is -3.11. The Balaban J connectivity index is 2.48. The molecule has 0 aliphatic heterocycles. The second kappa shape index (κ2) is 5.87. The van der Waals surface area contributed by atoms with Crippen LogP contribution in [0.2, 0.25) is 5.02 Å². The van der Waals surface area contributed by atoms with Crippen LogP contribution in [0, 0.1) is 5.82 Å². The third kappa shape index (κ3) is 3.07. The summed E-state index contributed by atoms with van der Waals surface area (Å²) in [5.41, 5.74) is 0.995. The highest BCUT2D eigenvalue weighted by Crippen LogP contribution is 2.24. The van der Waals surface area contributed by atoms with Crippen molar-refractivity contribution in [2.75, 3.05) is 11.5 Å². The first-order chi connectivity index (χ1) is 9.38. The summed E-state index contributed by atoms with van der Waals surface area (Å²) < 4.78 is 38.3. The number of alkyl halides is 1. The van der Waals surface area contributed by atoms with E-state index in [1.54, 1.807) is 11.5 Å². The van der Waals surface area contributed by atoms with Crippen LogP contribution in [0.4, 0.5) is 4.39 Å². The van der Waals surface area contributed by atoms with E-state index in [1.807, 2.05) is 0 Å². The number of sulfone groups is 1. The zero-order chi connectivity index (χ0) is 14.9. The Morgan fingerprint density at radius 1 is 1.40 bits per heavy atom. The number of hydrogen-bond acceptors (Lipinski definition) is 3. The van der Waals surface area contributed by atoms with E-state index in [4.69, 9.17) is 23.2 Å². The van der Waals surface area contributed by atoms with Gasteiger partial charge in [0.25, 0.3) is 0 Å². The van der Waals surface area contributed by atoms with Crippen LogP contribution in [0.15, 0.2) is 12.1 Å². The number of halogens is 3. The van der Waals surface area contributed by atoms with Crippen LogP contribution < -0.4 is 0 Å². The van der Waals surface area contributed by atoms with Gasteiger partial charge in [0.05, 0.1) is 27.7 Å². The molecule has 20 heavy (non-hydrogen) atoms. The molecule has 0 spiro atoms. The Hall–Kier alpha value is -0.850. The van der Waals surface area contributed by atoms with Gasteiger partial charge in [-0.2, -0.15) is 0 Å². The Kier molecular flexibility index (Phi) is 4.56. The minimum Gasteiger partial charge on any atom is -0.326 e. The third-order valence-corrected chi connectivity index (χ3v) is 5.27. The van der Waals surface area contributed by atoms with Crippen molar-refractivity contribution >= 4 is 44.1 Å². The van der Waals surface area contributed by atoms with E-state index in [0.29, 0.717) is 16.9 Å². The van der Waals surface area contributed by atoms with E-state index in [9.17, 15) is 12.8 Å². The molecule has 0 N–H and O–H groups in total. The van der Waals surface area contributed by atoms with Crippen LogP contribution in [0.25, 0.3) is 11.0 Å². The summed E-state index contributed by atoms with van der Waals surface area (Å²) in [5, 5.41) is -0.0295. The van der Waals surface area contributed by atoms with Gasteiger partial charge < -0.3 is 4.57 Å². The highest BCUT2D eigenvalue weighted by Gasteiger charge is 2.15. The fourth-order valence-electron chi connectivity index (χ4n) is 1.90. The molecule has 0 saturated carbocycles. The molecule has 0 atom stereocenters. The van der Waals surface area contributed by atoms with E-state index in [2.05, 4.69) is 4.98 Å². The molecule has 0 aliphatic rings. The molecule has 1 heterocycles. The van der Waals surface area contributed by atoms with E-state index in [-0.39, 0.29) is 29.0 Å². The first-order valence-corrected chi connectivity index (χ1v) is 8.72. The molecule has 0 unspecified atom stereocenters. The summed E-state index contributed by atoms with van der Waals surface area (Å²) in [6.07, 6.45) is 0. The van der Waals surface area contributed by atoms with Crippen molar-refractivity contribution in [3.05, 3.63) is 28.8 Å². The fourth-order valence-corrected chi connectivity index (χ4v) is 3.01. The normalized spacial score (nSPS) is 12.2. The highest BCUT2D eigenvalue weighted by molar-refractivity contribution is 7.91. The van der Waals surface area contributed by atoms with Crippen LogP contribution in [-0.4, -0.2) is 29.5 Å². The van der Waals surface area contributed by atoms with Gasteiger partial charge in [0, 0.05) is 18.4 Å². The van der Waals surface area contributed by atoms with Crippen LogP contribution in [-0.2, 0) is 22.3 Å². The molecule has 110 valence electrons. The summed E-state index contributed by atoms with van der Waals surface area (Å²) >= 11 is 11.6. The van der Waals surface area contributed by atoms with Crippen LogP contribution in [0.5, 0.6) is 0 Å². The maximum Gasteiger partial charge on any atom is 0.151 e. The first-order valence-electron chi connectivity index (χ1n) is 5.98. The second-order valence-electron chi connectivity index (χ2n) is 4.30. The van der Waals surface area contributed by atoms with Crippen molar-refractivity contribution in [2.45, 2.75) is 19.3 Å². The summed E-state index contributed by atoms with van der Waals surface area (Å²) in [6.45, 7) is 1.81. The van der Waals surface area contributed by atoms with E-state index in [1.165, 1.54) is 12.1 Å². The van der Waals surface area contributed by atoms with Gasteiger partial charge in [0.15, 0.2) is 9.84 Å². The molecule has 4 nitrogen and oxygen atoms in total. The Morgan fingerprint density at radius 2 is 2.10 bits per heavy atom. The SMILES string of the molecule is CCS(=O)(=O)CCn1c(CCl)nc2cc(F)c(Cl)cc21. The summed E-state index contributed by atoms with van der Waals surface area (Å²) in [6, 6.07) is 2.66. The van der Waals surface area contributed by atoms with E-state index >= 15 is 0 Å². The predicted octanol–water partition coefficient (Wildman–Crippen LogP) is 3.00. The van der Waals surface area contributed by atoms with Gasteiger partial charge >= 0.3 is 0 Å². The van der Waals surface area contributed by atoms with Crippen molar-refractivity contribution in [1.29, 1.82) is 0 Å². The largest absolute Gasteiger partial charge is 0.326 e. The zero-order valence-corrected chi connectivity index (χ0v) is 13.1. The number of imidazole rings is 1. The average molecular weight is 339 g/mol. The molecule has 2 aromatic rings. The number of rotatable bonds is 5. The van der Waals surface area contributed by atoms with Gasteiger partial charge in [-0.05, 0) is 6.07 Å². The quantitative estimate of drug-likeness (QED) is 0.787. The van der Waals surface area contributed by atoms with Gasteiger partial charge in [-0.25, -0.2) is 17.8 Å². The van der Waals surface area contributed by atoms with Crippen LogP contribution >= 0.6 is 23.2 Å². The summed E-state index contributed by atoms with van der Waals surface area (Å²) in [4.78, 5) is 4.20. The fraction of sp³-hybridized carbons (Fsp3) is 0.417. The topological polar surface area (TPSA) is 52.0 Å². The van der Waals surface area contributed by atoms with Crippen molar-refractivity contribution in [1.82, 2.24) is 9.55 Å². The standard InChI is InChI=1S/C12H13Cl2FN2O2S/c1-2-20(18,19)4-3-17-11-5-8(14)9(15)6-10(11)16-12(17)7-13/h5-6H,2-4,7H2,1H3. The number of hydrogen-bond donors (Lipinski definition) is 0. The number of aromatic nitrogens is 2. The predicted molar refractivity (Wildman–Crippen MR) is 78.6 cm³/mol. The lowest BCUT2D eigenvalue weighted by atomic mass is 10.3. The minimum absolute atomic E-state index is 0.0200. The molecule has 0 saturated heterocycles. The van der Waals surface area contributed by atoms with Crippen molar-refractivity contribution < 1.29 is 12.8 Å². The minimum atomic E-state index is -3.11. The first kappa shape index (κ1) is 15.5. The van der Waals surface area contributed by atoms with Gasteiger partial charge in [-0.1, -0.05) is 18.5 Å². The number of fused-ring (bicyclic) bond motifs is 1. The molecule has 8 heteroatoms. The van der Waals surface area contributed by atoms with E-state index < -0.39 is 15.7 Å². The molecular formula is C12H13Cl2FN2O2S. The van der Waals surface area contributed by atoms with Crippen molar-refractivity contribution in [3.8, 4) is 0 Å². The maximum atomic E-state index is 13.4. The lowest BCUT2D eigenvalue weighted by molar-refractivity contribution is 0.590. The number of nitrogens with zero attached hydrogens (tertiary/aromatic N) is 2. The lowest BCUT2D eigenvalue weighted by Gasteiger charge is -2.08. The second-order valence-corrected chi connectivity index (χ2v) is 7.45. The zero-order valence-electron chi connectivity index (χ0n) is 10.7. The molecule has 0 radical (unpaired) electrons. The lowest BCUT2D eigenvalue weighted by Crippen LogP contribution is -2.15. The van der Waals surface area contributed by atoms with Gasteiger partial charge in [0.2, 0.25) is 0 Å². The number of benzene rings is 1. The Morgan fingerprint density at radius 3 is 2.70 bits per heavy atom. The van der Waals surface area contributed by atoms with Crippen molar-refractivity contribution in [2.24, 2.45) is 0 Å². The van der Waals surface area contributed by atoms with Crippen LogP contribution in [0.3, 0.4) is 0 Å². The molecule has 0 amide bonds. The molecule has 1 aromatic carbocycles. The van der Waals surface area contributed by atoms with E-state index in [0.717, 1.165) is 0 Å². The summed E-state index contributed by atoms with van der Waals surface area (Å²) in [5.74, 6) is 0.0971. The third-order valence-electron chi connectivity index (χ3n) is 3.05. The molecule has 0 fully saturated rings. The maximum absolute atomic E-state index is 13.4. The molecular weight excluding hydrogens is 326 g/mol. The highest BCUT2D eigenvalue weighted by atomic mass is 35.5. The molecule has 0 aliphatic carbocycles. The van der Waals surface area contributed by atoms with Gasteiger partial charge in [-0.3, -0.25) is 0 Å². The smallest absolute Gasteiger partial charge is 0.151 e. The van der Waals surface area contributed by atoms with Crippen molar-refractivity contribution in [3.63, 3.8) is 0 Å². The monoisotopic (exact) mass is 338 g/mol. The molecule has 1 aromatic heterocycles. The number of aryl methyl sites for hydroxylation is 1. The average Bonchev–Trinajstić information content (AvgIpc) is 2.74. The molecule has 2 rings (SSSR count). The molecule has 0 bridgehead atoms. The Labute approximate surface area is 126 Å².